The Morgan fingerprint density at radius 2 is 1.79 bits per heavy atom. The maximum atomic E-state index is 12.3. The first-order valence-corrected chi connectivity index (χ1v) is 6.13. The molecule has 2 N–H and O–H groups in total. The second-order valence-electron chi connectivity index (χ2n) is 4.00. The van der Waals surface area contributed by atoms with Crippen LogP contribution in [0.25, 0.3) is 0 Å². The van der Waals surface area contributed by atoms with Gasteiger partial charge >= 0.3 is 0 Å². The highest BCUT2D eigenvalue weighted by Crippen LogP contribution is 2.16. The lowest BCUT2D eigenvalue weighted by Gasteiger charge is -2.21. The van der Waals surface area contributed by atoms with Gasteiger partial charge in [0, 0.05) is 19.6 Å². The van der Waals surface area contributed by atoms with E-state index in [0.717, 1.165) is 5.75 Å². The minimum atomic E-state index is -2.35. The van der Waals surface area contributed by atoms with Crippen LogP contribution in [0, 0.1) is 0 Å². The van der Waals surface area contributed by atoms with Crippen LogP contribution in [0.1, 0.15) is 0 Å². The highest BCUT2D eigenvalue weighted by Gasteiger charge is 2.11. The van der Waals surface area contributed by atoms with E-state index in [1.807, 2.05) is 0 Å². The molecule has 0 bridgehead atoms. The molecule has 0 heterocycles. The van der Waals surface area contributed by atoms with Crippen LogP contribution in [-0.4, -0.2) is 51.2 Å². The summed E-state index contributed by atoms with van der Waals surface area (Å²) in [6.45, 7) is 1.29. The number of nitrogens with zero attached hydrogens (tertiary/aromatic N) is 1. The number of rotatable bonds is 9. The van der Waals surface area contributed by atoms with Gasteiger partial charge < -0.3 is 15.2 Å². The van der Waals surface area contributed by atoms with Crippen LogP contribution in [0.3, 0.4) is 0 Å². The van der Waals surface area contributed by atoms with Gasteiger partial charge in [-0.3, -0.25) is 4.90 Å². The summed E-state index contributed by atoms with van der Waals surface area (Å²) >= 11 is 0. The second kappa shape index (κ2) is 8.66. The van der Waals surface area contributed by atoms with Crippen LogP contribution in [0.15, 0.2) is 24.3 Å². The zero-order chi connectivity index (χ0) is 14.1. The summed E-state index contributed by atoms with van der Waals surface area (Å²) in [5.74, 6) is 1.43. The number of halogens is 2. The summed E-state index contributed by atoms with van der Waals surface area (Å²) in [7, 11) is 1.59. The first kappa shape index (κ1) is 15.7. The van der Waals surface area contributed by atoms with Crippen molar-refractivity contribution in [3.8, 4) is 11.5 Å². The average Bonchev–Trinajstić information content (AvgIpc) is 2.39. The molecule has 0 amide bonds. The van der Waals surface area contributed by atoms with Gasteiger partial charge in [0.2, 0.25) is 0 Å². The van der Waals surface area contributed by atoms with Gasteiger partial charge in [0.25, 0.3) is 6.43 Å². The molecule has 108 valence electrons. The standard InChI is InChI=1S/C13H20F2N2O2/c1-18-11-2-4-12(5-3-11)19-9-8-17(7-6-16)10-13(14)15/h2-5,13H,6-10,16H2,1H3. The predicted octanol–water partition coefficient (Wildman–Crippen LogP) is 1.60. The lowest BCUT2D eigenvalue weighted by molar-refractivity contribution is 0.0821. The molecular weight excluding hydrogens is 254 g/mol. The topological polar surface area (TPSA) is 47.7 Å². The van der Waals surface area contributed by atoms with E-state index in [9.17, 15) is 8.78 Å². The third kappa shape index (κ3) is 6.35. The van der Waals surface area contributed by atoms with Crippen molar-refractivity contribution >= 4 is 0 Å². The molecule has 1 rings (SSSR count). The van der Waals surface area contributed by atoms with Crippen molar-refractivity contribution in [2.75, 3.05) is 39.9 Å². The Labute approximate surface area is 112 Å². The van der Waals surface area contributed by atoms with Crippen LogP contribution in [0.2, 0.25) is 0 Å². The number of hydrogen-bond acceptors (Lipinski definition) is 4. The molecule has 4 nitrogen and oxygen atoms in total. The fourth-order valence-electron chi connectivity index (χ4n) is 1.64. The summed E-state index contributed by atoms with van der Waals surface area (Å²) in [6, 6.07) is 7.12. The van der Waals surface area contributed by atoms with E-state index < -0.39 is 6.43 Å². The second-order valence-corrected chi connectivity index (χ2v) is 4.00. The van der Waals surface area contributed by atoms with Crippen molar-refractivity contribution in [2.45, 2.75) is 6.43 Å². The molecule has 19 heavy (non-hydrogen) atoms. The van der Waals surface area contributed by atoms with E-state index in [0.29, 0.717) is 32.0 Å². The van der Waals surface area contributed by atoms with E-state index in [4.69, 9.17) is 15.2 Å². The van der Waals surface area contributed by atoms with Gasteiger partial charge in [0.05, 0.1) is 13.7 Å². The minimum Gasteiger partial charge on any atom is -0.497 e. The van der Waals surface area contributed by atoms with Crippen molar-refractivity contribution in [1.29, 1.82) is 0 Å². The van der Waals surface area contributed by atoms with Crippen molar-refractivity contribution in [1.82, 2.24) is 4.90 Å². The van der Waals surface area contributed by atoms with Crippen LogP contribution in [0.4, 0.5) is 8.78 Å². The smallest absolute Gasteiger partial charge is 0.251 e. The molecule has 0 aliphatic carbocycles. The number of hydrogen-bond donors (Lipinski definition) is 1. The molecule has 0 fully saturated rings. The molecule has 0 saturated heterocycles. The first-order chi connectivity index (χ1) is 9.15. The van der Waals surface area contributed by atoms with E-state index >= 15 is 0 Å². The molecule has 0 aromatic heterocycles. The highest BCUT2D eigenvalue weighted by molar-refractivity contribution is 5.31. The first-order valence-electron chi connectivity index (χ1n) is 6.13. The molecule has 0 radical (unpaired) electrons. The van der Waals surface area contributed by atoms with Gasteiger partial charge in [0.1, 0.15) is 18.1 Å². The van der Waals surface area contributed by atoms with Gasteiger partial charge in [-0.15, -0.1) is 0 Å². The van der Waals surface area contributed by atoms with Gasteiger partial charge in [0.15, 0.2) is 0 Å². The fraction of sp³-hybridized carbons (Fsp3) is 0.538. The zero-order valence-corrected chi connectivity index (χ0v) is 11.0. The third-order valence-electron chi connectivity index (χ3n) is 2.58. The molecule has 6 heteroatoms. The Morgan fingerprint density at radius 3 is 2.32 bits per heavy atom. The summed E-state index contributed by atoms with van der Waals surface area (Å²) in [5.41, 5.74) is 5.38. The Hall–Kier alpha value is -1.40. The lowest BCUT2D eigenvalue weighted by Crippen LogP contribution is -2.36. The molecular formula is C13H20F2N2O2. The molecule has 1 aromatic carbocycles. The third-order valence-corrected chi connectivity index (χ3v) is 2.58. The summed E-state index contributed by atoms with van der Waals surface area (Å²) in [6.07, 6.45) is -2.35. The van der Waals surface area contributed by atoms with Crippen molar-refractivity contribution < 1.29 is 18.3 Å². The van der Waals surface area contributed by atoms with Crippen molar-refractivity contribution in [3.05, 3.63) is 24.3 Å². The van der Waals surface area contributed by atoms with Gasteiger partial charge in [-0.1, -0.05) is 0 Å². The molecule has 0 aliphatic heterocycles. The van der Waals surface area contributed by atoms with Crippen molar-refractivity contribution in [2.24, 2.45) is 5.73 Å². The number of nitrogens with two attached hydrogens (primary N) is 1. The van der Waals surface area contributed by atoms with E-state index in [1.165, 1.54) is 0 Å². The van der Waals surface area contributed by atoms with Crippen LogP contribution >= 0.6 is 0 Å². The summed E-state index contributed by atoms with van der Waals surface area (Å²) in [4.78, 5) is 1.59. The SMILES string of the molecule is COc1ccc(OCCN(CCN)CC(F)F)cc1. The Morgan fingerprint density at radius 1 is 1.16 bits per heavy atom. The lowest BCUT2D eigenvalue weighted by atomic mass is 10.3. The predicted molar refractivity (Wildman–Crippen MR) is 70.0 cm³/mol. The average molecular weight is 274 g/mol. The normalized spacial score (nSPS) is 11.1. The number of alkyl halides is 2. The maximum absolute atomic E-state index is 12.3. The van der Waals surface area contributed by atoms with Gasteiger partial charge in [-0.05, 0) is 24.3 Å². The van der Waals surface area contributed by atoms with E-state index in [-0.39, 0.29) is 6.54 Å². The summed E-state index contributed by atoms with van der Waals surface area (Å²) in [5, 5.41) is 0. The minimum absolute atomic E-state index is 0.275. The Kier molecular flexibility index (Phi) is 7.14. The van der Waals surface area contributed by atoms with Gasteiger partial charge in [-0.25, -0.2) is 8.78 Å². The summed E-state index contributed by atoms with van der Waals surface area (Å²) < 4.78 is 35.1. The van der Waals surface area contributed by atoms with E-state index in [1.54, 1.807) is 36.3 Å². The molecule has 0 saturated carbocycles. The number of benzene rings is 1. The fourth-order valence-corrected chi connectivity index (χ4v) is 1.64. The molecule has 1 aromatic rings. The largest absolute Gasteiger partial charge is 0.497 e. The van der Waals surface area contributed by atoms with Crippen LogP contribution in [-0.2, 0) is 0 Å². The molecule has 0 unspecified atom stereocenters. The number of methoxy groups -OCH3 is 1. The molecule has 0 spiro atoms. The highest BCUT2D eigenvalue weighted by atomic mass is 19.3. The monoisotopic (exact) mass is 274 g/mol. The molecule has 0 atom stereocenters. The zero-order valence-electron chi connectivity index (χ0n) is 11.0. The Balaban J connectivity index is 2.33. The number of ether oxygens (including phenoxy) is 2. The molecule has 0 aliphatic rings. The van der Waals surface area contributed by atoms with E-state index in [2.05, 4.69) is 0 Å². The van der Waals surface area contributed by atoms with Crippen LogP contribution in [0.5, 0.6) is 11.5 Å². The van der Waals surface area contributed by atoms with Crippen LogP contribution < -0.4 is 15.2 Å². The van der Waals surface area contributed by atoms with Crippen molar-refractivity contribution in [3.63, 3.8) is 0 Å². The maximum Gasteiger partial charge on any atom is 0.251 e. The van der Waals surface area contributed by atoms with Gasteiger partial charge in [-0.2, -0.15) is 0 Å². The quantitative estimate of drug-likeness (QED) is 0.743. The Bertz CT molecular complexity index is 347.